The van der Waals surface area contributed by atoms with Crippen LogP contribution in [0.2, 0.25) is 0 Å². The normalized spacial score (nSPS) is 18.2. The van der Waals surface area contributed by atoms with Gasteiger partial charge in [0.15, 0.2) is 5.96 Å². The van der Waals surface area contributed by atoms with E-state index in [1.165, 1.54) is 36.9 Å². The third kappa shape index (κ3) is 7.77. The van der Waals surface area contributed by atoms with Crippen molar-refractivity contribution in [3.63, 3.8) is 0 Å². The molecule has 2 aromatic carbocycles. The van der Waals surface area contributed by atoms with Crippen LogP contribution in [0.25, 0.3) is 0 Å². The lowest BCUT2D eigenvalue weighted by Gasteiger charge is -2.33. The topological polar surface area (TPSA) is 59.9 Å². The third-order valence-corrected chi connectivity index (χ3v) is 6.11. The third-order valence-electron chi connectivity index (χ3n) is 6.11. The second kappa shape index (κ2) is 13.7. The molecule has 0 saturated carbocycles. The predicted molar refractivity (Wildman–Crippen MR) is 140 cm³/mol. The van der Waals surface area contributed by atoms with Crippen molar-refractivity contribution in [1.29, 1.82) is 0 Å². The Kier molecular flexibility index (Phi) is 11.3. The molecule has 0 spiro atoms. The summed E-state index contributed by atoms with van der Waals surface area (Å²) < 4.78 is 0. The van der Waals surface area contributed by atoms with Crippen LogP contribution < -0.4 is 10.6 Å². The van der Waals surface area contributed by atoms with Crippen LogP contribution in [0.3, 0.4) is 0 Å². The summed E-state index contributed by atoms with van der Waals surface area (Å²) in [6, 6.07) is 19.4. The summed E-state index contributed by atoms with van der Waals surface area (Å²) in [7, 11) is 1.78. The summed E-state index contributed by atoms with van der Waals surface area (Å²) in [5.41, 5.74) is 3.82. The number of hydrogen-bond donors (Lipinski definition) is 3. The summed E-state index contributed by atoms with van der Waals surface area (Å²) in [5.74, 6) is 0.795. The average molecular weight is 537 g/mol. The first kappa shape index (κ1) is 25.6. The van der Waals surface area contributed by atoms with Gasteiger partial charge in [0.25, 0.3) is 0 Å². The lowest BCUT2D eigenvalue weighted by Crippen LogP contribution is -2.40. The fraction of sp³-hybridized carbons (Fsp3) is 0.480. The number of aliphatic hydroxyl groups is 1. The Hall–Kier alpha value is -1.64. The van der Waals surface area contributed by atoms with Crippen LogP contribution in [0.15, 0.2) is 59.6 Å². The molecule has 0 aromatic heterocycles. The van der Waals surface area contributed by atoms with E-state index in [-0.39, 0.29) is 36.5 Å². The minimum Gasteiger partial charge on any atom is -0.396 e. The van der Waals surface area contributed by atoms with Gasteiger partial charge in [-0.1, -0.05) is 61.0 Å². The van der Waals surface area contributed by atoms with Gasteiger partial charge >= 0.3 is 0 Å². The molecule has 2 unspecified atom stereocenters. The molecule has 2 atom stereocenters. The summed E-state index contributed by atoms with van der Waals surface area (Å²) >= 11 is 0. The second-order valence-electron chi connectivity index (χ2n) is 8.18. The zero-order valence-corrected chi connectivity index (χ0v) is 21.1. The van der Waals surface area contributed by atoms with Gasteiger partial charge in [0.1, 0.15) is 0 Å². The number of nitrogens with one attached hydrogen (secondary N) is 2. The molecule has 0 bridgehead atoms. The predicted octanol–water partition coefficient (Wildman–Crippen LogP) is 4.12. The molecule has 170 valence electrons. The maximum absolute atomic E-state index is 9.78. The number of likely N-dealkylation sites (tertiary alicyclic amines) is 1. The van der Waals surface area contributed by atoms with Crippen molar-refractivity contribution in [2.45, 2.75) is 51.2 Å². The molecule has 6 heteroatoms. The number of halogens is 1. The van der Waals surface area contributed by atoms with Gasteiger partial charge in [-0.2, -0.15) is 0 Å². The van der Waals surface area contributed by atoms with Crippen molar-refractivity contribution in [1.82, 2.24) is 15.5 Å². The van der Waals surface area contributed by atoms with Gasteiger partial charge < -0.3 is 15.7 Å². The zero-order valence-electron chi connectivity index (χ0n) is 18.8. The smallest absolute Gasteiger partial charge is 0.191 e. The Labute approximate surface area is 204 Å². The van der Waals surface area contributed by atoms with E-state index in [0.717, 1.165) is 24.6 Å². The molecule has 3 N–H and O–H groups in total. The highest BCUT2D eigenvalue weighted by molar-refractivity contribution is 14.0. The van der Waals surface area contributed by atoms with Crippen molar-refractivity contribution in [3.8, 4) is 0 Å². The molecule has 31 heavy (non-hydrogen) atoms. The minimum atomic E-state index is 0. The Morgan fingerprint density at radius 1 is 1.06 bits per heavy atom. The van der Waals surface area contributed by atoms with E-state index < -0.39 is 0 Å². The van der Waals surface area contributed by atoms with Crippen LogP contribution in [0, 0.1) is 0 Å². The summed E-state index contributed by atoms with van der Waals surface area (Å²) in [5, 5.41) is 16.6. The number of benzene rings is 2. The number of nitrogens with zero attached hydrogens (tertiary/aromatic N) is 2. The van der Waals surface area contributed by atoms with Crippen LogP contribution >= 0.6 is 24.0 Å². The summed E-state index contributed by atoms with van der Waals surface area (Å²) in [4.78, 5) is 6.96. The van der Waals surface area contributed by atoms with Gasteiger partial charge in [-0.25, -0.2) is 0 Å². The fourth-order valence-corrected chi connectivity index (χ4v) is 4.13. The molecule has 3 rings (SSSR count). The summed E-state index contributed by atoms with van der Waals surface area (Å²) in [6.07, 6.45) is 3.94. The van der Waals surface area contributed by atoms with Gasteiger partial charge in [-0.3, -0.25) is 9.89 Å². The highest BCUT2D eigenvalue weighted by Gasteiger charge is 2.19. The van der Waals surface area contributed by atoms with Crippen LogP contribution in [-0.2, 0) is 13.1 Å². The Morgan fingerprint density at radius 2 is 1.77 bits per heavy atom. The van der Waals surface area contributed by atoms with E-state index in [1.807, 2.05) is 18.2 Å². The highest BCUT2D eigenvalue weighted by Crippen LogP contribution is 2.21. The monoisotopic (exact) mass is 536 g/mol. The van der Waals surface area contributed by atoms with Gasteiger partial charge in [0.2, 0.25) is 0 Å². The molecular formula is C25H37IN4O. The number of hydrogen-bond acceptors (Lipinski definition) is 3. The quantitative estimate of drug-likeness (QED) is 0.270. The maximum atomic E-state index is 9.78. The van der Waals surface area contributed by atoms with Gasteiger partial charge in [0.05, 0.1) is 6.61 Å². The van der Waals surface area contributed by atoms with E-state index in [4.69, 9.17) is 0 Å². The van der Waals surface area contributed by atoms with Crippen molar-refractivity contribution in [2.75, 3.05) is 26.7 Å². The Morgan fingerprint density at radius 3 is 2.45 bits per heavy atom. The molecule has 1 aliphatic heterocycles. The molecule has 0 amide bonds. The van der Waals surface area contributed by atoms with Gasteiger partial charge in [-0.15, -0.1) is 24.0 Å². The maximum Gasteiger partial charge on any atom is 0.191 e. The van der Waals surface area contributed by atoms with Crippen molar-refractivity contribution in [3.05, 3.63) is 71.3 Å². The van der Waals surface area contributed by atoms with Crippen LogP contribution in [0.4, 0.5) is 0 Å². The van der Waals surface area contributed by atoms with E-state index in [2.05, 4.69) is 63.8 Å². The first-order chi connectivity index (χ1) is 14.7. The lowest BCUT2D eigenvalue weighted by atomic mass is 10.0. The van der Waals surface area contributed by atoms with Gasteiger partial charge in [0, 0.05) is 38.6 Å². The molecule has 1 fully saturated rings. The van der Waals surface area contributed by atoms with E-state index in [0.29, 0.717) is 12.6 Å². The molecular weight excluding hydrogens is 499 g/mol. The first-order valence-corrected chi connectivity index (χ1v) is 11.1. The van der Waals surface area contributed by atoms with Crippen molar-refractivity contribution in [2.24, 2.45) is 4.99 Å². The average Bonchev–Trinajstić information content (AvgIpc) is 2.79. The number of aliphatic hydroxyl groups excluding tert-OH is 1. The zero-order chi connectivity index (χ0) is 21.2. The SMILES string of the molecule is CN=C(NCc1ccccc1CN1CCCCC1C)NCC(CO)c1ccccc1.I. The Bertz CT molecular complexity index is 799. The minimum absolute atomic E-state index is 0. The molecule has 2 aromatic rings. The molecule has 0 radical (unpaired) electrons. The molecule has 5 nitrogen and oxygen atoms in total. The number of rotatable bonds is 8. The molecule has 1 saturated heterocycles. The van der Waals surface area contributed by atoms with Gasteiger partial charge in [-0.05, 0) is 43.0 Å². The Balaban J connectivity index is 0.00000341. The van der Waals surface area contributed by atoms with E-state index >= 15 is 0 Å². The largest absolute Gasteiger partial charge is 0.396 e. The first-order valence-electron chi connectivity index (χ1n) is 11.1. The number of guanidine groups is 1. The molecule has 1 aliphatic rings. The molecule has 1 heterocycles. The van der Waals surface area contributed by atoms with E-state index in [9.17, 15) is 5.11 Å². The number of aliphatic imine (C=N–C) groups is 1. The highest BCUT2D eigenvalue weighted by atomic mass is 127. The van der Waals surface area contributed by atoms with Crippen molar-refractivity contribution < 1.29 is 5.11 Å². The van der Waals surface area contributed by atoms with Crippen LogP contribution in [0.1, 0.15) is 48.8 Å². The lowest BCUT2D eigenvalue weighted by molar-refractivity contribution is 0.152. The summed E-state index contributed by atoms with van der Waals surface area (Å²) in [6.45, 7) is 6.00. The van der Waals surface area contributed by atoms with E-state index in [1.54, 1.807) is 7.05 Å². The molecule has 0 aliphatic carbocycles. The second-order valence-corrected chi connectivity index (χ2v) is 8.18. The standard InChI is InChI=1S/C25H36N4O.HI/c1-20-10-8-9-15-29(20)18-23-14-7-6-13-22(23)16-27-25(26-2)28-17-24(19-30)21-11-4-3-5-12-21;/h3-7,11-14,20,24,30H,8-10,15-19H2,1-2H3,(H2,26,27,28);1H. The fourth-order valence-electron chi connectivity index (χ4n) is 4.13. The van der Waals surface area contributed by atoms with Crippen LogP contribution in [0.5, 0.6) is 0 Å². The van der Waals surface area contributed by atoms with Crippen LogP contribution in [-0.4, -0.2) is 48.8 Å². The number of piperidine rings is 1. The van der Waals surface area contributed by atoms with Crippen molar-refractivity contribution >= 4 is 29.9 Å².